The molecule has 2 aromatic heterocycles. The molecule has 23 heavy (non-hydrogen) atoms. The predicted molar refractivity (Wildman–Crippen MR) is 93.9 cm³/mol. The van der Waals surface area contributed by atoms with Gasteiger partial charge in [0, 0.05) is 29.3 Å². The third kappa shape index (κ3) is 2.89. The summed E-state index contributed by atoms with van der Waals surface area (Å²) in [5.41, 5.74) is 8.82. The number of pyridine rings is 2. The Morgan fingerprint density at radius 1 is 0.696 bits per heavy atom. The van der Waals surface area contributed by atoms with Crippen LogP contribution in [0.15, 0.2) is 54.7 Å². The lowest BCUT2D eigenvalue weighted by Crippen LogP contribution is -2.40. The minimum atomic E-state index is 1.21. The molecule has 0 aliphatic rings. The van der Waals surface area contributed by atoms with Gasteiger partial charge in [0.25, 0.3) is 11.4 Å². The molecule has 0 unspecified atom stereocenters. The summed E-state index contributed by atoms with van der Waals surface area (Å²) in [6.07, 6.45) is 2.17. The van der Waals surface area contributed by atoms with Crippen molar-refractivity contribution in [2.24, 2.45) is 14.1 Å². The normalized spacial score (nSPS) is 10.8. The zero-order valence-corrected chi connectivity index (χ0v) is 14.6. The lowest BCUT2D eigenvalue weighted by molar-refractivity contribution is -0.685. The molecule has 2 heterocycles. The van der Waals surface area contributed by atoms with Gasteiger partial charge in [0.05, 0.1) is 0 Å². The van der Waals surface area contributed by atoms with E-state index in [2.05, 4.69) is 98.7 Å². The molecule has 0 saturated heterocycles. The Morgan fingerprint density at radius 3 is 2.13 bits per heavy atom. The summed E-state index contributed by atoms with van der Waals surface area (Å²) in [5, 5.41) is 0. The molecule has 0 aliphatic heterocycles. The molecule has 0 amide bonds. The van der Waals surface area contributed by atoms with Gasteiger partial charge in [-0.05, 0) is 44.5 Å². The van der Waals surface area contributed by atoms with E-state index in [0.29, 0.717) is 0 Å². The number of hydrogen-bond donors (Lipinski definition) is 0. The number of aromatic nitrogens is 2. The van der Waals surface area contributed by atoms with Gasteiger partial charge in [0.1, 0.15) is 14.1 Å². The first-order valence-electron chi connectivity index (χ1n) is 8.00. The van der Waals surface area contributed by atoms with Crippen LogP contribution in [0.25, 0.3) is 22.6 Å². The summed E-state index contributed by atoms with van der Waals surface area (Å²) in [5.74, 6) is 0. The SMILES string of the molecule is Cc1ccc(C)c(-c2cccc(-c3ccc(C)c[n+]3C)[n+]2C)c1. The number of nitrogens with zero attached hydrogens (tertiary/aromatic N) is 2. The minimum absolute atomic E-state index is 1.21. The second kappa shape index (κ2) is 5.96. The molecule has 0 atom stereocenters. The first kappa shape index (κ1) is 15.4. The van der Waals surface area contributed by atoms with Gasteiger partial charge in [-0.2, -0.15) is 9.13 Å². The third-order valence-corrected chi connectivity index (χ3v) is 4.44. The van der Waals surface area contributed by atoms with Crippen molar-refractivity contribution in [1.29, 1.82) is 0 Å². The van der Waals surface area contributed by atoms with Crippen LogP contribution in [0.5, 0.6) is 0 Å². The van der Waals surface area contributed by atoms with Crippen LogP contribution in [0.3, 0.4) is 0 Å². The van der Waals surface area contributed by atoms with Crippen molar-refractivity contribution in [3.05, 3.63) is 71.4 Å². The molecular formula is C21H24N2+2. The smallest absolute Gasteiger partial charge is 0.196 e. The lowest BCUT2D eigenvalue weighted by atomic mass is 10.0. The Hall–Kier alpha value is -2.48. The van der Waals surface area contributed by atoms with Gasteiger partial charge in [-0.1, -0.05) is 17.7 Å². The van der Waals surface area contributed by atoms with Crippen molar-refractivity contribution in [3.8, 4) is 22.6 Å². The highest BCUT2D eigenvalue weighted by molar-refractivity contribution is 5.63. The monoisotopic (exact) mass is 304 g/mol. The van der Waals surface area contributed by atoms with E-state index in [0.717, 1.165) is 0 Å². The predicted octanol–water partition coefficient (Wildman–Crippen LogP) is 3.59. The quantitative estimate of drug-likeness (QED) is 0.639. The summed E-state index contributed by atoms with van der Waals surface area (Å²) >= 11 is 0. The van der Waals surface area contributed by atoms with E-state index in [1.165, 1.54) is 39.3 Å². The molecule has 2 heteroatoms. The molecule has 2 nitrogen and oxygen atoms in total. The Labute approximate surface area is 138 Å². The first-order chi connectivity index (χ1) is 11.0. The summed E-state index contributed by atoms with van der Waals surface area (Å²) < 4.78 is 4.48. The van der Waals surface area contributed by atoms with Crippen LogP contribution in [-0.4, -0.2) is 0 Å². The summed E-state index contributed by atoms with van der Waals surface area (Å²) in [6.45, 7) is 6.44. The van der Waals surface area contributed by atoms with Crippen molar-refractivity contribution >= 4 is 0 Å². The fourth-order valence-corrected chi connectivity index (χ4v) is 3.14. The van der Waals surface area contributed by atoms with Crippen molar-refractivity contribution in [2.45, 2.75) is 20.8 Å². The van der Waals surface area contributed by atoms with Gasteiger partial charge in [0.15, 0.2) is 6.20 Å². The topological polar surface area (TPSA) is 7.76 Å². The van der Waals surface area contributed by atoms with Crippen molar-refractivity contribution < 1.29 is 9.13 Å². The molecule has 0 aliphatic carbocycles. The Balaban J connectivity index is 2.21. The highest BCUT2D eigenvalue weighted by Crippen LogP contribution is 2.23. The molecule has 3 aromatic rings. The maximum absolute atomic E-state index is 2.28. The average molecular weight is 304 g/mol. The zero-order valence-electron chi connectivity index (χ0n) is 14.6. The second-order valence-corrected chi connectivity index (χ2v) is 6.38. The number of benzene rings is 1. The standard InChI is InChI=1S/C21H24N2/c1-15-9-11-17(3)18(13-15)19-7-6-8-21(23(19)5)20-12-10-16(2)14-22(20)4/h6-14H,1-5H3/q+2. The molecule has 0 N–H and O–H groups in total. The largest absolute Gasteiger partial charge is 0.277 e. The van der Waals surface area contributed by atoms with Crippen LogP contribution in [0.1, 0.15) is 16.7 Å². The van der Waals surface area contributed by atoms with Gasteiger partial charge >= 0.3 is 0 Å². The van der Waals surface area contributed by atoms with Gasteiger partial charge < -0.3 is 0 Å². The van der Waals surface area contributed by atoms with Gasteiger partial charge in [-0.3, -0.25) is 0 Å². The maximum atomic E-state index is 2.28. The molecule has 0 radical (unpaired) electrons. The first-order valence-corrected chi connectivity index (χ1v) is 8.00. The summed E-state index contributed by atoms with van der Waals surface area (Å²) in [6, 6.07) is 17.5. The van der Waals surface area contributed by atoms with Crippen LogP contribution in [0.4, 0.5) is 0 Å². The van der Waals surface area contributed by atoms with E-state index in [4.69, 9.17) is 0 Å². The minimum Gasteiger partial charge on any atom is -0.196 e. The third-order valence-electron chi connectivity index (χ3n) is 4.44. The van der Waals surface area contributed by atoms with E-state index in [1.54, 1.807) is 0 Å². The highest BCUT2D eigenvalue weighted by Gasteiger charge is 2.23. The van der Waals surface area contributed by atoms with Crippen LogP contribution in [-0.2, 0) is 14.1 Å². The average Bonchev–Trinajstić information content (AvgIpc) is 2.51. The van der Waals surface area contributed by atoms with Crippen LogP contribution >= 0.6 is 0 Å². The molecular weight excluding hydrogens is 280 g/mol. The van der Waals surface area contributed by atoms with Gasteiger partial charge in [-0.15, -0.1) is 0 Å². The fourth-order valence-electron chi connectivity index (χ4n) is 3.14. The van der Waals surface area contributed by atoms with E-state index in [9.17, 15) is 0 Å². The van der Waals surface area contributed by atoms with Crippen LogP contribution < -0.4 is 9.13 Å². The van der Waals surface area contributed by atoms with Crippen LogP contribution in [0, 0.1) is 20.8 Å². The second-order valence-electron chi connectivity index (χ2n) is 6.38. The Bertz CT molecular complexity index is 879. The molecule has 0 fully saturated rings. The molecule has 0 spiro atoms. The van der Waals surface area contributed by atoms with E-state index >= 15 is 0 Å². The molecule has 3 rings (SSSR count). The Kier molecular flexibility index (Phi) is 3.99. The van der Waals surface area contributed by atoms with E-state index < -0.39 is 0 Å². The molecule has 0 bridgehead atoms. The van der Waals surface area contributed by atoms with Crippen molar-refractivity contribution in [2.75, 3.05) is 0 Å². The number of rotatable bonds is 2. The van der Waals surface area contributed by atoms with E-state index in [1.807, 2.05) is 0 Å². The summed E-state index contributed by atoms with van der Waals surface area (Å²) in [4.78, 5) is 0. The highest BCUT2D eigenvalue weighted by atomic mass is 15.0. The number of aryl methyl sites for hydroxylation is 4. The van der Waals surface area contributed by atoms with Gasteiger partial charge in [-0.25, -0.2) is 0 Å². The van der Waals surface area contributed by atoms with E-state index in [-0.39, 0.29) is 0 Å². The van der Waals surface area contributed by atoms with Crippen molar-refractivity contribution in [3.63, 3.8) is 0 Å². The van der Waals surface area contributed by atoms with Crippen LogP contribution in [0.2, 0.25) is 0 Å². The molecule has 1 aromatic carbocycles. The fraction of sp³-hybridized carbons (Fsp3) is 0.238. The summed E-state index contributed by atoms with van der Waals surface area (Å²) in [7, 11) is 4.25. The van der Waals surface area contributed by atoms with Gasteiger partial charge in [0.2, 0.25) is 5.69 Å². The number of hydrogen-bond acceptors (Lipinski definition) is 0. The molecule has 116 valence electrons. The maximum Gasteiger partial charge on any atom is 0.277 e. The lowest BCUT2D eigenvalue weighted by Gasteiger charge is -2.08. The zero-order chi connectivity index (χ0) is 16.6. The molecule has 0 saturated carbocycles. The van der Waals surface area contributed by atoms with Crippen molar-refractivity contribution in [1.82, 2.24) is 0 Å². The Morgan fingerprint density at radius 2 is 1.39 bits per heavy atom.